The predicted octanol–water partition coefficient (Wildman–Crippen LogP) is 3.51. The van der Waals surface area contributed by atoms with Crippen LogP contribution in [0, 0.1) is 5.82 Å². The molecule has 0 unspecified atom stereocenters. The summed E-state index contributed by atoms with van der Waals surface area (Å²) >= 11 is 0. The van der Waals surface area contributed by atoms with Crippen LogP contribution in [0.15, 0.2) is 36.5 Å². The summed E-state index contributed by atoms with van der Waals surface area (Å²) in [7, 11) is 2.04. The summed E-state index contributed by atoms with van der Waals surface area (Å²) in [6.07, 6.45) is 4.89. The molecule has 0 fully saturated rings. The van der Waals surface area contributed by atoms with Crippen molar-refractivity contribution < 1.29 is 4.39 Å². The standard InChI is InChI=1S/C17H23FN4/c1-3-4-13-22(2)16-10-12-20-17(21-16)19-11-9-14-5-7-15(18)8-6-14/h5-8,10,12H,3-4,9,11,13H2,1-2H3,(H,19,20,21). The smallest absolute Gasteiger partial charge is 0.224 e. The number of anilines is 2. The van der Waals surface area contributed by atoms with Gasteiger partial charge in [-0.3, -0.25) is 0 Å². The van der Waals surface area contributed by atoms with Crippen molar-refractivity contribution in [2.75, 3.05) is 30.4 Å². The molecule has 1 N–H and O–H groups in total. The van der Waals surface area contributed by atoms with Crippen LogP contribution in [0.4, 0.5) is 16.2 Å². The minimum Gasteiger partial charge on any atom is -0.360 e. The van der Waals surface area contributed by atoms with Gasteiger partial charge in [0.25, 0.3) is 0 Å². The lowest BCUT2D eigenvalue weighted by Gasteiger charge is -2.18. The minimum atomic E-state index is -0.206. The second-order valence-electron chi connectivity index (χ2n) is 5.32. The molecule has 0 aliphatic heterocycles. The number of halogens is 1. The van der Waals surface area contributed by atoms with Crippen molar-refractivity contribution >= 4 is 11.8 Å². The molecule has 5 heteroatoms. The maximum atomic E-state index is 12.8. The Kier molecular flexibility index (Phi) is 6.13. The number of hydrogen-bond donors (Lipinski definition) is 1. The molecule has 1 aromatic carbocycles. The molecular formula is C17H23FN4. The highest BCUT2D eigenvalue weighted by Crippen LogP contribution is 2.11. The summed E-state index contributed by atoms with van der Waals surface area (Å²) in [4.78, 5) is 10.9. The molecule has 0 amide bonds. The first-order chi connectivity index (χ1) is 10.7. The van der Waals surface area contributed by atoms with Gasteiger partial charge in [-0.05, 0) is 36.6 Å². The number of hydrogen-bond acceptors (Lipinski definition) is 4. The van der Waals surface area contributed by atoms with Crippen LogP contribution in [0.2, 0.25) is 0 Å². The quantitative estimate of drug-likeness (QED) is 0.810. The molecule has 0 aliphatic carbocycles. The fraction of sp³-hybridized carbons (Fsp3) is 0.412. The van der Waals surface area contributed by atoms with Gasteiger partial charge in [-0.25, -0.2) is 9.37 Å². The molecule has 2 rings (SSSR count). The van der Waals surface area contributed by atoms with E-state index in [-0.39, 0.29) is 5.82 Å². The van der Waals surface area contributed by atoms with Gasteiger partial charge < -0.3 is 10.2 Å². The van der Waals surface area contributed by atoms with E-state index in [1.165, 1.54) is 12.1 Å². The summed E-state index contributed by atoms with van der Waals surface area (Å²) in [6.45, 7) is 3.88. The van der Waals surface area contributed by atoms with Crippen LogP contribution in [0.5, 0.6) is 0 Å². The highest BCUT2D eigenvalue weighted by Gasteiger charge is 2.04. The zero-order chi connectivity index (χ0) is 15.8. The van der Waals surface area contributed by atoms with Gasteiger partial charge in [0.2, 0.25) is 5.95 Å². The Morgan fingerprint density at radius 3 is 2.68 bits per heavy atom. The summed E-state index contributed by atoms with van der Waals surface area (Å²) in [5.74, 6) is 1.35. The van der Waals surface area contributed by atoms with Crippen LogP contribution in [0.1, 0.15) is 25.3 Å². The maximum Gasteiger partial charge on any atom is 0.224 e. The lowest BCUT2D eigenvalue weighted by molar-refractivity contribution is 0.627. The highest BCUT2D eigenvalue weighted by atomic mass is 19.1. The second kappa shape index (κ2) is 8.32. The van der Waals surface area contributed by atoms with Crippen molar-refractivity contribution in [3.05, 3.63) is 47.9 Å². The molecule has 0 saturated carbocycles. The van der Waals surface area contributed by atoms with Crippen LogP contribution in [-0.2, 0) is 6.42 Å². The second-order valence-corrected chi connectivity index (χ2v) is 5.32. The van der Waals surface area contributed by atoms with Gasteiger partial charge in [0.05, 0.1) is 0 Å². The molecule has 0 saturated heterocycles. The van der Waals surface area contributed by atoms with Gasteiger partial charge in [-0.1, -0.05) is 25.5 Å². The number of unbranched alkanes of at least 4 members (excludes halogenated alkanes) is 1. The molecule has 22 heavy (non-hydrogen) atoms. The number of nitrogens with one attached hydrogen (secondary N) is 1. The van der Waals surface area contributed by atoms with Crippen molar-refractivity contribution in [3.8, 4) is 0 Å². The number of nitrogens with zero attached hydrogens (tertiary/aromatic N) is 3. The van der Waals surface area contributed by atoms with Crippen molar-refractivity contribution in [3.63, 3.8) is 0 Å². The van der Waals surface area contributed by atoms with E-state index < -0.39 is 0 Å². The summed E-state index contributed by atoms with van der Waals surface area (Å²) in [5, 5.41) is 3.22. The first kappa shape index (κ1) is 16.2. The molecule has 4 nitrogen and oxygen atoms in total. The van der Waals surface area contributed by atoms with Crippen molar-refractivity contribution in [1.29, 1.82) is 0 Å². The summed E-state index contributed by atoms with van der Waals surface area (Å²) in [5.41, 5.74) is 1.09. The lowest BCUT2D eigenvalue weighted by Crippen LogP contribution is -2.20. The summed E-state index contributed by atoms with van der Waals surface area (Å²) < 4.78 is 12.8. The van der Waals surface area contributed by atoms with Crippen LogP contribution >= 0.6 is 0 Å². The fourth-order valence-electron chi connectivity index (χ4n) is 2.13. The van der Waals surface area contributed by atoms with Gasteiger partial charge in [0.15, 0.2) is 0 Å². The van der Waals surface area contributed by atoms with Gasteiger partial charge in [-0.15, -0.1) is 0 Å². The highest BCUT2D eigenvalue weighted by molar-refractivity contribution is 5.41. The van der Waals surface area contributed by atoms with Gasteiger partial charge in [-0.2, -0.15) is 4.98 Å². The Morgan fingerprint density at radius 2 is 1.95 bits per heavy atom. The van der Waals surface area contributed by atoms with Crippen molar-refractivity contribution in [2.24, 2.45) is 0 Å². The minimum absolute atomic E-state index is 0.206. The molecule has 0 atom stereocenters. The molecule has 0 bridgehead atoms. The summed E-state index contributed by atoms with van der Waals surface area (Å²) in [6, 6.07) is 8.48. The Morgan fingerprint density at radius 1 is 1.18 bits per heavy atom. The van der Waals surface area contributed by atoms with Crippen LogP contribution in [0.25, 0.3) is 0 Å². The Bertz CT molecular complexity index is 571. The van der Waals surface area contributed by atoms with Crippen molar-refractivity contribution in [2.45, 2.75) is 26.2 Å². The van der Waals surface area contributed by atoms with E-state index in [9.17, 15) is 4.39 Å². The first-order valence-electron chi connectivity index (χ1n) is 7.71. The third-order valence-electron chi connectivity index (χ3n) is 3.49. The SMILES string of the molecule is CCCCN(C)c1ccnc(NCCc2ccc(F)cc2)n1. The normalized spacial score (nSPS) is 10.5. The van der Waals surface area contributed by atoms with E-state index in [0.29, 0.717) is 12.5 Å². The zero-order valence-corrected chi connectivity index (χ0v) is 13.2. The number of rotatable bonds is 8. The Labute approximate surface area is 131 Å². The van der Waals surface area contributed by atoms with E-state index >= 15 is 0 Å². The van der Waals surface area contributed by atoms with Crippen LogP contribution in [-0.4, -0.2) is 30.1 Å². The van der Waals surface area contributed by atoms with Crippen LogP contribution in [0.3, 0.4) is 0 Å². The Balaban J connectivity index is 1.86. The van der Waals surface area contributed by atoms with Crippen LogP contribution < -0.4 is 10.2 Å². The third kappa shape index (κ3) is 4.98. The maximum absolute atomic E-state index is 12.8. The van der Waals surface area contributed by atoms with Gasteiger partial charge in [0.1, 0.15) is 11.6 Å². The monoisotopic (exact) mass is 302 g/mol. The van der Waals surface area contributed by atoms with Crippen molar-refractivity contribution in [1.82, 2.24) is 9.97 Å². The molecule has 2 aromatic rings. The van der Waals surface area contributed by atoms with E-state index in [0.717, 1.165) is 37.2 Å². The largest absolute Gasteiger partial charge is 0.360 e. The molecule has 118 valence electrons. The molecule has 1 heterocycles. The number of aromatic nitrogens is 2. The van der Waals surface area contributed by atoms with Gasteiger partial charge in [0, 0.05) is 26.3 Å². The average Bonchev–Trinajstić information content (AvgIpc) is 2.55. The molecule has 0 spiro atoms. The van der Waals surface area contributed by atoms with Gasteiger partial charge >= 0.3 is 0 Å². The van der Waals surface area contributed by atoms with E-state index in [1.54, 1.807) is 18.3 Å². The van der Waals surface area contributed by atoms with E-state index in [1.807, 2.05) is 13.1 Å². The average molecular weight is 302 g/mol. The molecule has 1 aromatic heterocycles. The first-order valence-corrected chi connectivity index (χ1v) is 7.71. The van der Waals surface area contributed by atoms with E-state index in [4.69, 9.17) is 0 Å². The van der Waals surface area contributed by atoms with E-state index in [2.05, 4.69) is 27.1 Å². The Hall–Kier alpha value is -2.17. The topological polar surface area (TPSA) is 41.1 Å². The molecular weight excluding hydrogens is 279 g/mol. The predicted molar refractivity (Wildman–Crippen MR) is 88.8 cm³/mol. The fourth-order valence-corrected chi connectivity index (χ4v) is 2.13. The molecule has 0 aliphatic rings. The number of benzene rings is 1. The molecule has 0 radical (unpaired) electrons. The zero-order valence-electron chi connectivity index (χ0n) is 13.2. The lowest BCUT2D eigenvalue weighted by atomic mass is 10.1. The third-order valence-corrected chi connectivity index (χ3v) is 3.49.